The lowest BCUT2D eigenvalue weighted by Crippen LogP contribution is -2.09. The molecular weight excluding hydrogens is 316 g/mol. The highest BCUT2D eigenvalue weighted by molar-refractivity contribution is 6.13. The van der Waals surface area contributed by atoms with Crippen LogP contribution in [0.3, 0.4) is 0 Å². The van der Waals surface area contributed by atoms with Gasteiger partial charge in [0.25, 0.3) is 5.69 Å². The van der Waals surface area contributed by atoms with Crippen molar-refractivity contribution in [3.8, 4) is 0 Å². The highest BCUT2D eigenvalue weighted by Gasteiger charge is 2.17. The first-order chi connectivity index (χ1) is 11.5. The summed E-state index contributed by atoms with van der Waals surface area (Å²) < 4.78 is 0. The van der Waals surface area contributed by atoms with Crippen molar-refractivity contribution in [2.24, 2.45) is 5.16 Å². The molecule has 122 valence electrons. The number of nitro groups is 1. The molecule has 0 saturated heterocycles. The summed E-state index contributed by atoms with van der Waals surface area (Å²) in [5.74, 6) is -1.19. The predicted molar refractivity (Wildman–Crippen MR) is 84.2 cm³/mol. The number of hydrogen-bond donors (Lipinski definition) is 1. The Hall–Kier alpha value is -3.55. The highest BCUT2D eigenvalue weighted by Crippen LogP contribution is 2.21. The van der Waals surface area contributed by atoms with Gasteiger partial charge in [-0.25, -0.2) is 4.79 Å². The van der Waals surface area contributed by atoms with E-state index in [2.05, 4.69) is 5.16 Å². The smallest absolute Gasteiger partial charge is 0.344 e. The zero-order chi connectivity index (χ0) is 17.5. The van der Waals surface area contributed by atoms with E-state index >= 15 is 0 Å². The van der Waals surface area contributed by atoms with Crippen molar-refractivity contribution in [2.75, 3.05) is 6.61 Å². The van der Waals surface area contributed by atoms with Crippen molar-refractivity contribution < 1.29 is 24.5 Å². The maximum Gasteiger partial charge on any atom is 0.344 e. The Kier molecular flexibility index (Phi) is 5.35. The Balaban J connectivity index is 2.49. The molecule has 1 N–H and O–H groups in total. The number of rotatable bonds is 7. The number of nitro benzene ring substituents is 1. The van der Waals surface area contributed by atoms with Gasteiger partial charge < -0.3 is 9.94 Å². The Morgan fingerprint density at radius 3 is 2.50 bits per heavy atom. The minimum Gasteiger partial charge on any atom is -0.479 e. The van der Waals surface area contributed by atoms with E-state index in [0.717, 1.165) is 0 Å². The van der Waals surface area contributed by atoms with E-state index in [4.69, 9.17) is 9.94 Å². The summed E-state index contributed by atoms with van der Waals surface area (Å²) in [6.07, 6.45) is 0.377. The molecule has 0 aliphatic heterocycles. The van der Waals surface area contributed by atoms with E-state index in [9.17, 15) is 19.7 Å². The molecule has 8 nitrogen and oxygen atoms in total. The third-order valence-electron chi connectivity index (χ3n) is 3.02. The molecule has 0 atom stereocenters. The van der Waals surface area contributed by atoms with Crippen LogP contribution >= 0.6 is 0 Å². The average molecular weight is 328 g/mol. The standard InChI is InChI=1S/C16H12N2O6/c19-9-13-8-12(6-7-14(13)18(22)23)16(17-24-10-15(20)21)11-4-2-1-3-5-11/h1-9H,10H2,(H,20,21)/b17-16-. The summed E-state index contributed by atoms with van der Waals surface area (Å²) in [4.78, 5) is 36.7. The van der Waals surface area contributed by atoms with Crippen LogP contribution < -0.4 is 0 Å². The summed E-state index contributed by atoms with van der Waals surface area (Å²) in [5.41, 5.74) is 0.815. The largest absolute Gasteiger partial charge is 0.479 e. The van der Waals surface area contributed by atoms with Crippen LogP contribution in [-0.4, -0.2) is 34.6 Å². The summed E-state index contributed by atoms with van der Waals surface area (Å²) >= 11 is 0. The minimum atomic E-state index is -1.19. The summed E-state index contributed by atoms with van der Waals surface area (Å²) in [6, 6.07) is 12.6. The molecule has 0 aliphatic carbocycles. The first kappa shape index (κ1) is 16.8. The number of hydrogen-bond acceptors (Lipinski definition) is 6. The third kappa shape index (κ3) is 4.01. The zero-order valence-electron chi connectivity index (χ0n) is 12.3. The molecule has 8 heteroatoms. The number of carboxylic acids is 1. The predicted octanol–water partition coefficient (Wildman–Crippen LogP) is 2.26. The summed E-state index contributed by atoms with van der Waals surface area (Å²) in [5, 5.41) is 23.3. The second-order valence-electron chi connectivity index (χ2n) is 4.62. The van der Waals surface area contributed by atoms with Gasteiger partial charge >= 0.3 is 5.97 Å². The van der Waals surface area contributed by atoms with E-state index in [-0.39, 0.29) is 17.0 Å². The molecule has 0 saturated carbocycles. The van der Waals surface area contributed by atoms with Crippen molar-refractivity contribution in [3.63, 3.8) is 0 Å². The van der Waals surface area contributed by atoms with E-state index in [1.54, 1.807) is 30.3 Å². The summed E-state index contributed by atoms with van der Waals surface area (Å²) in [7, 11) is 0. The maximum atomic E-state index is 11.1. The number of carbonyl (C=O) groups excluding carboxylic acids is 1. The van der Waals surface area contributed by atoms with E-state index in [1.807, 2.05) is 0 Å². The molecule has 2 rings (SSSR count). The van der Waals surface area contributed by atoms with Crippen LogP contribution in [-0.2, 0) is 9.63 Å². The fourth-order valence-corrected chi connectivity index (χ4v) is 1.98. The topological polar surface area (TPSA) is 119 Å². The number of carboxylic acid groups (broad SMARTS) is 1. The second kappa shape index (κ2) is 7.63. The van der Waals surface area contributed by atoms with Gasteiger partial charge in [0, 0.05) is 17.2 Å². The molecular formula is C16H12N2O6. The van der Waals surface area contributed by atoms with Crippen LogP contribution in [0.1, 0.15) is 21.5 Å². The van der Waals surface area contributed by atoms with Crippen molar-refractivity contribution in [3.05, 3.63) is 75.3 Å². The molecule has 0 unspecified atom stereocenters. The van der Waals surface area contributed by atoms with Gasteiger partial charge in [-0.15, -0.1) is 0 Å². The molecule has 0 spiro atoms. The van der Waals surface area contributed by atoms with Gasteiger partial charge in [0.05, 0.1) is 10.5 Å². The van der Waals surface area contributed by atoms with Crippen LogP contribution in [0.2, 0.25) is 0 Å². The van der Waals surface area contributed by atoms with Crippen molar-refractivity contribution >= 4 is 23.7 Å². The van der Waals surface area contributed by atoms with E-state index in [0.29, 0.717) is 17.4 Å². The first-order valence-corrected chi connectivity index (χ1v) is 6.74. The highest BCUT2D eigenvalue weighted by atomic mass is 16.6. The first-order valence-electron chi connectivity index (χ1n) is 6.74. The molecule has 0 bridgehead atoms. The fraction of sp³-hybridized carbons (Fsp3) is 0.0625. The average Bonchev–Trinajstić information content (AvgIpc) is 2.58. The van der Waals surface area contributed by atoms with Gasteiger partial charge in [0.2, 0.25) is 6.61 Å². The number of oxime groups is 1. The summed E-state index contributed by atoms with van der Waals surface area (Å²) in [6.45, 7) is -0.635. The molecule has 0 fully saturated rings. The van der Waals surface area contributed by atoms with Gasteiger partial charge in [0.1, 0.15) is 5.71 Å². The number of benzene rings is 2. The molecule has 2 aromatic carbocycles. The zero-order valence-corrected chi connectivity index (χ0v) is 12.3. The number of aldehydes is 1. The lowest BCUT2D eigenvalue weighted by Gasteiger charge is -2.08. The normalized spacial score (nSPS) is 10.9. The van der Waals surface area contributed by atoms with Crippen molar-refractivity contribution in [1.82, 2.24) is 0 Å². The maximum absolute atomic E-state index is 11.1. The van der Waals surface area contributed by atoms with Crippen molar-refractivity contribution in [2.45, 2.75) is 0 Å². The Morgan fingerprint density at radius 1 is 1.21 bits per heavy atom. The van der Waals surface area contributed by atoms with Gasteiger partial charge in [-0.05, 0) is 12.1 Å². The molecule has 0 radical (unpaired) electrons. The molecule has 2 aromatic rings. The third-order valence-corrected chi connectivity index (χ3v) is 3.02. The van der Waals surface area contributed by atoms with Crippen LogP contribution in [0.4, 0.5) is 5.69 Å². The van der Waals surface area contributed by atoms with Crippen LogP contribution in [0.25, 0.3) is 0 Å². The molecule has 0 heterocycles. The van der Waals surface area contributed by atoms with E-state index in [1.165, 1.54) is 18.2 Å². The van der Waals surface area contributed by atoms with Crippen LogP contribution in [0.15, 0.2) is 53.7 Å². The Morgan fingerprint density at radius 2 is 1.92 bits per heavy atom. The molecule has 0 amide bonds. The van der Waals surface area contributed by atoms with Crippen molar-refractivity contribution in [1.29, 1.82) is 0 Å². The number of aliphatic carboxylic acids is 1. The van der Waals surface area contributed by atoms with Gasteiger partial charge in [-0.3, -0.25) is 14.9 Å². The molecule has 0 aliphatic rings. The lowest BCUT2D eigenvalue weighted by molar-refractivity contribution is -0.385. The quantitative estimate of drug-likeness (QED) is 0.360. The monoisotopic (exact) mass is 328 g/mol. The second-order valence-corrected chi connectivity index (χ2v) is 4.62. The molecule has 0 aromatic heterocycles. The molecule has 24 heavy (non-hydrogen) atoms. The van der Waals surface area contributed by atoms with Crippen LogP contribution in [0, 0.1) is 10.1 Å². The van der Waals surface area contributed by atoms with Gasteiger partial charge in [-0.2, -0.15) is 0 Å². The Bertz CT molecular complexity index is 801. The number of carbonyl (C=O) groups is 2. The SMILES string of the molecule is O=Cc1cc(/C(=N\OCC(=O)O)c2ccccc2)ccc1[N+](=O)[O-]. The minimum absolute atomic E-state index is 0.112. The fourth-order valence-electron chi connectivity index (χ4n) is 1.98. The van der Waals surface area contributed by atoms with Gasteiger partial charge in [0.15, 0.2) is 6.29 Å². The lowest BCUT2D eigenvalue weighted by atomic mass is 10.00. The Labute approximate surface area is 136 Å². The number of nitrogens with zero attached hydrogens (tertiary/aromatic N) is 2. The van der Waals surface area contributed by atoms with Crippen LogP contribution in [0.5, 0.6) is 0 Å². The van der Waals surface area contributed by atoms with Gasteiger partial charge in [-0.1, -0.05) is 35.5 Å². The van der Waals surface area contributed by atoms with E-state index < -0.39 is 17.5 Å².